The first-order valence-electron chi connectivity index (χ1n) is 5.30. The summed E-state index contributed by atoms with van der Waals surface area (Å²) in [7, 11) is -1.66. The molecule has 0 N–H and O–H groups in total. The Kier molecular flexibility index (Phi) is 3.66. The van der Waals surface area contributed by atoms with Gasteiger partial charge in [-0.05, 0) is 17.7 Å². The number of benzene rings is 1. The Morgan fingerprint density at radius 2 is 2.06 bits per heavy atom. The van der Waals surface area contributed by atoms with E-state index in [0.717, 1.165) is 11.3 Å². The van der Waals surface area contributed by atoms with E-state index in [4.69, 9.17) is 9.47 Å². The van der Waals surface area contributed by atoms with Crippen molar-refractivity contribution in [2.24, 2.45) is 0 Å². The van der Waals surface area contributed by atoms with Crippen LogP contribution in [0.25, 0.3) is 0 Å². The minimum atomic E-state index is -3.26. The number of rotatable bonds is 3. The molecule has 1 aliphatic rings. The fourth-order valence-corrected chi connectivity index (χ4v) is 2.83. The summed E-state index contributed by atoms with van der Waals surface area (Å²) < 4.78 is 34.8. The lowest BCUT2D eigenvalue weighted by molar-refractivity contribution is 0.130. The van der Waals surface area contributed by atoms with Gasteiger partial charge in [-0.15, -0.1) is 0 Å². The molecule has 94 valence electrons. The molecule has 17 heavy (non-hydrogen) atoms. The highest BCUT2D eigenvalue weighted by atomic mass is 32.2. The van der Waals surface area contributed by atoms with Gasteiger partial charge in [0.05, 0.1) is 13.7 Å². The van der Waals surface area contributed by atoms with Crippen LogP contribution in [-0.2, 0) is 21.3 Å². The number of hydrogen-bond donors (Lipinski definition) is 0. The number of sulfonamides is 1. The summed E-state index contributed by atoms with van der Waals surface area (Å²) in [6.45, 7) is 1.25. The maximum atomic E-state index is 11.7. The third kappa shape index (κ3) is 2.96. The first-order valence-corrected chi connectivity index (χ1v) is 6.91. The molecule has 1 fully saturated rings. The molecule has 0 bridgehead atoms. The van der Waals surface area contributed by atoms with E-state index in [1.807, 2.05) is 24.3 Å². The van der Waals surface area contributed by atoms with Crippen molar-refractivity contribution in [1.82, 2.24) is 4.31 Å². The van der Waals surface area contributed by atoms with Crippen molar-refractivity contribution in [2.45, 2.75) is 6.54 Å². The summed E-state index contributed by atoms with van der Waals surface area (Å²) in [4.78, 5) is 0. The molecule has 0 aromatic heterocycles. The van der Waals surface area contributed by atoms with Gasteiger partial charge in [-0.3, -0.25) is 0 Å². The van der Waals surface area contributed by atoms with E-state index in [2.05, 4.69) is 0 Å². The molecule has 0 saturated carbocycles. The van der Waals surface area contributed by atoms with Crippen molar-refractivity contribution >= 4 is 10.0 Å². The second-order valence-corrected chi connectivity index (χ2v) is 5.74. The molecule has 0 radical (unpaired) electrons. The number of nitrogens with zero attached hydrogens (tertiary/aromatic N) is 1. The van der Waals surface area contributed by atoms with E-state index in [9.17, 15) is 8.42 Å². The van der Waals surface area contributed by atoms with E-state index >= 15 is 0 Å². The number of ether oxygens (including phenoxy) is 2. The zero-order valence-corrected chi connectivity index (χ0v) is 10.4. The minimum absolute atomic E-state index is 0.219. The zero-order chi connectivity index (χ0) is 12.3. The van der Waals surface area contributed by atoms with Crippen molar-refractivity contribution in [3.63, 3.8) is 0 Å². The molecule has 0 unspecified atom stereocenters. The lowest BCUT2D eigenvalue weighted by atomic mass is 10.2. The predicted octanol–water partition coefficient (Wildman–Crippen LogP) is 0.815. The Labute approximate surface area is 101 Å². The van der Waals surface area contributed by atoms with Gasteiger partial charge >= 0.3 is 0 Å². The summed E-state index contributed by atoms with van der Waals surface area (Å²) >= 11 is 0. The molecule has 2 rings (SSSR count). The van der Waals surface area contributed by atoms with Crippen LogP contribution in [-0.4, -0.2) is 38.9 Å². The summed E-state index contributed by atoms with van der Waals surface area (Å²) in [6, 6.07) is 7.37. The Morgan fingerprint density at radius 3 is 2.65 bits per heavy atom. The van der Waals surface area contributed by atoms with Crippen LogP contribution in [0.3, 0.4) is 0 Å². The van der Waals surface area contributed by atoms with Crippen LogP contribution < -0.4 is 4.74 Å². The fourth-order valence-electron chi connectivity index (χ4n) is 1.66. The highest BCUT2D eigenvalue weighted by Gasteiger charge is 2.26. The summed E-state index contributed by atoms with van der Waals surface area (Å²) in [6.07, 6.45) is 0. The first-order chi connectivity index (χ1) is 8.12. The van der Waals surface area contributed by atoms with E-state index < -0.39 is 10.0 Å². The molecule has 1 aromatic carbocycles. The Hall–Kier alpha value is -1.11. The summed E-state index contributed by atoms with van der Waals surface area (Å²) in [5.41, 5.74) is 0.941. The Bertz CT molecular complexity index is 469. The molecule has 0 spiro atoms. The topological polar surface area (TPSA) is 55.8 Å². The normalized spacial score (nSPS) is 20.1. The van der Waals surface area contributed by atoms with Crippen LogP contribution in [0.4, 0.5) is 0 Å². The smallest absolute Gasteiger partial charge is 0.238 e. The van der Waals surface area contributed by atoms with Gasteiger partial charge in [-0.25, -0.2) is 8.42 Å². The van der Waals surface area contributed by atoms with Crippen molar-refractivity contribution in [3.8, 4) is 5.75 Å². The lowest BCUT2D eigenvalue weighted by Gasteiger charge is -2.26. The zero-order valence-electron chi connectivity index (χ0n) is 9.63. The quantitative estimate of drug-likeness (QED) is 0.804. The fraction of sp³-hybridized carbons (Fsp3) is 0.455. The van der Waals surface area contributed by atoms with Gasteiger partial charge in [0, 0.05) is 13.1 Å². The van der Waals surface area contributed by atoms with Crippen LogP contribution in [0.2, 0.25) is 0 Å². The van der Waals surface area contributed by atoms with Crippen molar-refractivity contribution in [1.29, 1.82) is 0 Å². The van der Waals surface area contributed by atoms with Crippen molar-refractivity contribution in [2.75, 3.05) is 26.2 Å². The van der Waals surface area contributed by atoms with Crippen LogP contribution in [0.5, 0.6) is 5.75 Å². The third-order valence-corrected chi connectivity index (χ3v) is 4.19. The lowest BCUT2D eigenvalue weighted by Crippen LogP contribution is -2.40. The maximum absolute atomic E-state index is 11.7. The van der Waals surface area contributed by atoms with Crippen LogP contribution >= 0.6 is 0 Å². The summed E-state index contributed by atoms with van der Waals surface area (Å²) in [5.74, 6) is 0.543. The molecule has 5 nitrogen and oxygen atoms in total. The van der Waals surface area contributed by atoms with Gasteiger partial charge in [-0.1, -0.05) is 12.1 Å². The minimum Gasteiger partial charge on any atom is -0.497 e. The molecule has 1 aliphatic heterocycles. The van der Waals surface area contributed by atoms with Gasteiger partial charge in [0.2, 0.25) is 10.0 Å². The molecular weight excluding hydrogens is 242 g/mol. The molecular formula is C11H15NO4S. The Morgan fingerprint density at radius 1 is 1.35 bits per heavy atom. The maximum Gasteiger partial charge on any atom is 0.238 e. The standard InChI is InChI=1S/C11H15NO4S/c1-15-11-4-2-10(3-5-11)8-12-6-7-16-9-17(12,13)14/h2-5H,6-9H2,1H3. The molecule has 6 heteroatoms. The second kappa shape index (κ2) is 5.03. The average Bonchev–Trinajstić information content (AvgIpc) is 2.33. The van der Waals surface area contributed by atoms with Gasteiger partial charge in [0.25, 0.3) is 0 Å². The highest BCUT2D eigenvalue weighted by Crippen LogP contribution is 2.16. The van der Waals surface area contributed by atoms with Gasteiger partial charge in [-0.2, -0.15) is 4.31 Å². The van der Waals surface area contributed by atoms with Gasteiger partial charge in [0.1, 0.15) is 5.75 Å². The Balaban J connectivity index is 2.09. The predicted molar refractivity (Wildman–Crippen MR) is 63.1 cm³/mol. The highest BCUT2D eigenvalue weighted by molar-refractivity contribution is 7.88. The monoisotopic (exact) mass is 257 g/mol. The van der Waals surface area contributed by atoms with Crippen LogP contribution in [0.1, 0.15) is 5.56 Å². The second-order valence-electron chi connectivity index (χ2n) is 3.82. The van der Waals surface area contributed by atoms with Gasteiger partial charge < -0.3 is 9.47 Å². The largest absolute Gasteiger partial charge is 0.497 e. The third-order valence-electron chi connectivity index (χ3n) is 2.63. The average molecular weight is 257 g/mol. The van der Waals surface area contributed by atoms with E-state index in [0.29, 0.717) is 19.7 Å². The van der Waals surface area contributed by atoms with Gasteiger partial charge in [0.15, 0.2) is 5.94 Å². The molecule has 1 heterocycles. The summed E-state index contributed by atoms with van der Waals surface area (Å²) in [5, 5.41) is 0. The van der Waals surface area contributed by atoms with Crippen molar-refractivity contribution in [3.05, 3.63) is 29.8 Å². The van der Waals surface area contributed by atoms with Crippen molar-refractivity contribution < 1.29 is 17.9 Å². The number of hydrogen-bond acceptors (Lipinski definition) is 4. The molecule has 1 aromatic rings. The number of methoxy groups -OCH3 is 1. The van der Waals surface area contributed by atoms with E-state index in [1.54, 1.807) is 7.11 Å². The first kappa shape index (κ1) is 12.3. The molecule has 0 atom stereocenters. The van der Waals surface area contributed by atoms with E-state index in [-0.39, 0.29) is 5.94 Å². The molecule has 1 saturated heterocycles. The molecule has 0 aliphatic carbocycles. The van der Waals surface area contributed by atoms with Crippen LogP contribution in [0.15, 0.2) is 24.3 Å². The van der Waals surface area contributed by atoms with Crippen LogP contribution in [0, 0.1) is 0 Å². The molecule has 0 amide bonds. The SMILES string of the molecule is COc1ccc(CN2CCOCS2(=O)=O)cc1. The van der Waals surface area contributed by atoms with E-state index in [1.165, 1.54) is 4.31 Å².